The van der Waals surface area contributed by atoms with Crippen LogP contribution in [0.5, 0.6) is 5.75 Å². The minimum atomic E-state index is -0.180. The number of ether oxygens (including phenoxy) is 1. The average molecular weight is 473 g/mol. The van der Waals surface area contributed by atoms with Crippen LogP contribution < -0.4 is 15.4 Å². The molecule has 3 heterocycles. The first-order valence-electron chi connectivity index (χ1n) is 11.0. The molecule has 10 nitrogen and oxygen atoms in total. The predicted molar refractivity (Wildman–Crippen MR) is 137 cm³/mol. The molecule has 4 rings (SSSR count). The van der Waals surface area contributed by atoms with Crippen LogP contribution in [0.2, 0.25) is 0 Å². The van der Waals surface area contributed by atoms with Crippen molar-refractivity contribution in [2.24, 2.45) is 0 Å². The van der Waals surface area contributed by atoms with Gasteiger partial charge in [0.15, 0.2) is 11.5 Å². The van der Waals surface area contributed by atoms with E-state index in [0.29, 0.717) is 40.7 Å². The van der Waals surface area contributed by atoms with Crippen LogP contribution in [-0.4, -0.2) is 70.3 Å². The van der Waals surface area contributed by atoms with Gasteiger partial charge in [0.05, 0.1) is 12.5 Å². The number of benzene rings is 1. The molecule has 0 atom stereocenters. The maximum absolute atomic E-state index is 12.6. The Labute approximate surface area is 203 Å². The highest BCUT2D eigenvalue weighted by Gasteiger charge is 2.20. The zero-order valence-electron chi connectivity index (χ0n) is 20.4. The van der Waals surface area contributed by atoms with Crippen molar-refractivity contribution in [3.63, 3.8) is 0 Å². The third-order valence-electron chi connectivity index (χ3n) is 5.52. The van der Waals surface area contributed by atoms with Crippen molar-refractivity contribution in [1.82, 2.24) is 29.6 Å². The Bertz CT molecular complexity index is 1410. The van der Waals surface area contributed by atoms with Gasteiger partial charge in [0.25, 0.3) is 5.91 Å². The van der Waals surface area contributed by atoms with Crippen LogP contribution in [0, 0.1) is 6.92 Å². The SMILES string of the molecule is COc1cc(-c2nn(-c3cccc(N(C)C(=O)C=CCN(C)C)n3)c3ncnc(N)c23)ccc1C. The zero-order valence-corrected chi connectivity index (χ0v) is 20.4. The Morgan fingerprint density at radius 1 is 1.17 bits per heavy atom. The fourth-order valence-electron chi connectivity index (χ4n) is 3.61. The summed E-state index contributed by atoms with van der Waals surface area (Å²) in [7, 11) is 7.19. The van der Waals surface area contributed by atoms with Gasteiger partial charge >= 0.3 is 0 Å². The number of nitrogens with two attached hydrogens (primary N) is 1. The van der Waals surface area contributed by atoms with Gasteiger partial charge in [-0.15, -0.1) is 0 Å². The van der Waals surface area contributed by atoms with Crippen LogP contribution in [-0.2, 0) is 4.79 Å². The van der Waals surface area contributed by atoms with E-state index >= 15 is 0 Å². The van der Waals surface area contributed by atoms with E-state index in [1.54, 1.807) is 31.0 Å². The second-order valence-corrected chi connectivity index (χ2v) is 8.32. The number of nitrogens with zero attached hydrogens (tertiary/aromatic N) is 7. The highest BCUT2D eigenvalue weighted by molar-refractivity contribution is 6.01. The predicted octanol–water partition coefficient (Wildman–Crippen LogP) is 2.86. The molecule has 0 aliphatic heterocycles. The molecule has 35 heavy (non-hydrogen) atoms. The second-order valence-electron chi connectivity index (χ2n) is 8.32. The van der Waals surface area contributed by atoms with E-state index in [0.717, 1.165) is 16.9 Å². The summed E-state index contributed by atoms with van der Waals surface area (Å²) in [6.45, 7) is 2.64. The molecule has 0 fully saturated rings. The summed E-state index contributed by atoms with van der Waals surface area (Å²) >= 11 is 0. The van der Waals surface area contributed by atoms with Crippen molar-refractivity contribution < 1.29 is 9.53 Å². The van der Waals surface area contributed by atoms with Crippen molar-refractivity contribution in [1.29, 1.82) is 0 Å². The van der Waals surface area contributed by atoms with Gasteiger partial charge in [-0.3, -0.25) is 9.69 Å². The van der Waals surface area contributed by atoms with Crippen molar-refractivity contribution >= 4 is 28.6 Å². The molecule has 0 spiro atoms. The van der Waals surface area contributed by atoms with Crippen LogP contribution >= 0.6 is 0 Å². The van der Waals surface area contributed by atoms with Gasteiger partial charge in [0, 0.05) is 25.2 Å². The number of rotatable bonds is 7. The maximum Gasteiger partial charge on any atom is 0.251 e. The summed E-state index contributed by atoms with van der Waals surface area (Å²) in [6, 6.07) is 11.2. The summed E-state index contributed by atoms with van der Waals surface area (Å²) in [5.41, 5.74) is 9.19. The maximum atomic E-state index is 12.6. The first-order chi connectivity index (χ1) is 16.8. The molecule has 0 saturated carbocycles. The molecule has 0 aliphatic carbocycles. The van der Waals surface area contributed by atoms with E-state index in [-0.39, 0.29) is 5.91 Å². The molecular weight excluding hydrogens is 444 g/mol. The molecule has 0 unspecified atom stereocenters. The molecule has 0 radical (unpaired) electrons. The number of methoxy groups -OCH3 is 1. The molecule has 10 heteroatoms. The lowest BCUT2D eigenvalue weighted by molar-refractivity contribution is -0.113. The van der Waals surface area contributed by atoms with E-state index in [1.165, 1.54) is 17.3 Å². The number of nitrogen functional groups attached to an aromatic ring is 1. The highest BCUT2D eigenvalue weighted by atomic mass is 16.5. The zero-order chi connectivity index (χ0) is 25.1. The van der Waals surface area contributed by atoms with Gasteiger partial charge in [0.2, 0.25) is 0 Å². The Balaban J connectivity index is 1.78. The molecule has 180 valence electrons. The van der Waals surface area contributed by atoms with E-state index in [4.69, 9.17) is 15.6 Å². The molecular formula is C25H28N8O2. The summed E-state index contributed by atoms with van der Waals surface area (Å²) in [6.07, 6.45) is 4.74. The highest BCUT2D eigenvalue weighted by Crippen LogP contribution is 2.34. The molecule has 1 amide bonds. The largest absolute Gasteiger partial charge is 0.496 e. The number of carbonyl (C=O) groups is 1. The van der Waals surface area contributed by atoms with Crippen molar-refractivity contribution in [3.8, 4) is 22.8 Å². The smallest absolute Gasteiger partial charge is 0.251 e. The topological polar surface area (TPSA) is 115 Å². The summed E-state index contributed by atoms with van der Waals surface area (Å²) in [5.74, 6) is 1.84. The fourth-order valence-corrected chi connectivity index (χ4v) is 3.61. The normalized spacial score (nSPS) is 11.5. The van der Waals surface area contributed by atoms with E-state index in [2.05, 4.69) is 15.0 Å². The van der Waals surface area contributed by atoms with Crippen molar-refractivity contribution in [2.45, 2.75) is 6.92 Å². The van der Waals surface area contributed by atoms with Gasteiger partial charge < -0.3 is 15.4 Å². The number of hydrogen-bond donors (Lipinski definition) is 1. The molecule has 4 aromatic rings. The van der Waals surface area contributed by atoms with Crippen LogP contribution in [0.4, 0.5) is 11.6 Å². The Morgan fingerprint density at radius 3 is 2.71 bits per heavy atom. The van der Waals surface area contributed by atoms with Crippen LogP contribution in [0.3, 0.4) is 0 Å². The van der Waals surface area contributed by atoms with Crippen molar-refractivity contribution in [3.05, 3.63) is 60.4 Å². The molecule has 0 aliphatic rings. The lowest BCUT2D eigenvalue weighted by Crippen LogP contribution is -2.25. The fraction of sp³-hybridized carbons (Fsp3) is 0.240. The molecule has 1 aromatic carbocycles. The first-order valence-corrected chi connectivity index (χ1v) is 11.0. The quantitative estimate of drug-likeness (QED) is 0.408. The Morgan fingerprint density at radius 2 is 1.97 bits per heavy atom. The lowest BCUT2D eigenvalue weighted by atomic mass is 10.1. The minimum Gasteiger partial charge on any atom is -0.496 e. The number of aryl methyl sites for hydroxylation is 1. The third-order valence-corrected chi connectivity index (χ3v) is 5.52. The number of hydrogen-bond acceptors (Lipinski definition) is 8. The number of amides is 1. The summed E-state index contributed by atoms with van der Waals surface area (Å²) in [4.78, 5) is 29.3. The van der Waals surface area contributed by atoms with Crippen LogP contribution in [0.25, 0.3) is 28.1 Å². The third kappa shape index (κ3) is 4.82. The average Bonchev–Trinajstić information content (AvgIpc) is 3.24. The first kappa shape index (κ1) is 23.8. The molecule has 2 N–H and O–H groups in total. The second kappa shape index (κ2) is 9.90. The van der Waals surface area contributed by atoms with E-state index < -0.39 is 0 Å². The molecule has 0 bridgehead atoms. The van der Waals surface area contributed by atoms with Gasteiger partial charge in [0.1, 0.15) is 29.4 Å². The lowest BCUT2D eigenvalue weighted by Gasteiger charge is -2.15. The van der Waals surface area contributed by atoms with Gasteiger partial charge in [-0.25, -0.2) is 15.0 Å². The van der Waals surface area contributed by atoms with Crippen molar-refractivity contribution in [2.75, 3.05) is 45.4 Å². The number of aromatic nitrogens is 5. The van der Waals surface area contributed by atoms with Crippen LogP contribution in [0.1, 0.15) is 5.56 Å². The van der Waals surface area contributed by atoms with E-state index in [1.807, 2.05) is 56.3 Å². The monoisotopic (exact) mass is 472 g/mol. The van der Waals surface area contributed by atoms with Gasteiger partial charge in [-0.2, -0.15) is 9.78 Å². The number of pyridine rings is 1. The summed E-state index contributed by atoms with van der Waals surface area (Å²) in [5, 5.41) is 5.42. The number of fused-ring (bicyclic) bond motifs is 1. The minimum absolute atomic E-state index is 0.180. The number of carbonyl (C=O) groups excluding carboxylic acids is 1. The Kier molecular flexibility index (Phi) is 6.74. The number of anilines is 2. The summed E-state index contributed by atoms with van der Waals surface area (Å²) < 4.78 is 7.10. The van der Waals surface area contributed by atoms with Gasteiger partial charge in [-0.05, 0) is 44.8 Å². The standard InChI is InChI=1S/C25H28N8O2/c1-16-11-12-17(14-18(16)35-5)23-22-24(26)27-15-28-25(22)33(30-23)20-9-6-8-19(29-20)32(4)21(34)10-7-13-31(2)3/h6-12,14-15H,13H2,1-5H3,(H2,26,27,28). The van der Waals surface area contributed by atoms with E-state index in [9.17, 15) is 4.79 Å². The number of likely N-dealkylation sites (N-methyl/N-ethyl adjacent to an activating group) is 2. The van der Waals surface area contributed by atoms with Crippen LogP contribution in [0.15, 0.2) is 54.9 Å². The Hall–Kier alpha value is -4.31. The molecule has 3 aromatic heterocycles. The van der Waals surface area contributed by atoms with Gasteiger partial charge in [-0.1, -0.05) is 24.3 Å². The molecule has 0 saturated heterocycles.